The molecule has 1 saturated carbocycles. The number of nitrogens with one attached hydrogen (secondary N) is 1. The predicted molar refractivity (Wildman–Crippen MR) is 186 cm³/mol. The van der Waals surface area contributed by atoms with E-state index in [2.05, 4.69) is 26.1 Å². The summed E-state index contributed by atoms with van der Waals surface area (Å²) < 4.78 is 46.6. The fourth-order valence-electron chi connectivity index (χ4n) is 6.42. The Morgan fingerprint density at radius 2 is 1.66 bits per heavy atom. The zero-order chi connectivity index (χ0) is 35.6. The van der Waals surface area contributed by atoms with Crippen LogP contribution < -0.4 is 14.8 Å². The van der Waals surface area contributed by atoms with Gasteiger partial charge in [0.1, 0.15) is 23.4 Å². The number of rotatable bonds is 9. The van der Waals surface area contributed by atoms with E-state index in [0.29, 0.717) is 37.2 Å². The molecule has 1 N–H and O–H groups in total. The molecule has 0 radical (unpaired) electrons. The third kappa shape index (κ3) is 7.76. The lowest BCUT2D eigenvalue weighted by Gasteiger charge is -2.29. The number of benzene rings is 3. The summed E-state index contributed by atoms with van der Waals surface area (Å²) in [6, 6.07) is 20.1. The monoisotopic (exact) mass is 703 g/mol. The van der Waals surface area contributed by atoms with Crippen LogP contribution in [0.2, 0.25) is 0 Å². The number of carbonyl (C=O) groups excluding carboxylic acids is 1. The largest absolute Gasteiger partial charge is 0.514 e. The number of sulfonamides is 1. The Morgan fingerprint density at radius 1 is 0.980 bits per heavy atom. The van der Waals surface area contributed by atoms with Crippen LogP contribution in [0.15, 0.2) is 77.7 Å². The average Bonchev–Trinajstić information content (AvgIpc) is 3.51. The second-order valence-corrected chi connectivity index (χ2v) is 15.5. The highest BCUT2D eigenvalue weighted by molar-refractivity contribution is 7.89. The highest BCUT2D eigenvalue weighted by atomic mass is 32.2. The molecule has 14 heteroatoms. The summed E-state index contributed by atoms with van der Waals surface area (Å²) in [5.41, 5.74) is 2.95. The molecular weight excluding hydrogens is 662 g/mol. The van der Waals surface area contributed by atoms with Crippen molar-refractivity contribution in [3.63, 3.8) is 0 Å². The minimum Gasteiger partial charge on any atom is -0.497 e. The van der Waals surface area contributed by atoms with Crippen LogP contribution in [0.3, 0.4) is 0 Å². The van der Waals surface area contributed by atoms with Crippen molar-refractivity contribution in [3.05, 3.63) is 99.7 Å². The molecule has 0 amide bonds. The summed E-state index contributed by atoms with van der Waals surface area (Å²) in [6.07, 6.45) is 2.25. The van der Waals surface area contributed by atoms with Crippen molar-refractivity contribution in [1.82, 2.24) is 14.1 Å². The molecule has 1 aliphatic heterocycles. The van der Waals surface area contributed by atoms with Crippen LogP contribution >= 0.6 is 0 Å². The van der Waals surface area contributed by atoms with Gasteiger partial charge in [-0.05, 0) is 106 Å². The van der Waals surface area contributed by atoms with Crippen LogP contribution in [0, 0.1) is 10.1 Å². The van der Waals surface area contributed by atoms with Gasteiger partial charge in [-0.2, -0.15) is 9.40 Å². The lowest BCUT2D eigenvalue weighted by Crippen LogP contribution is -2.36. The number of non-ortho nitro benzene ring substituents is 1. The first-order chi connectivity index (χ1) is 23.8. The predicted octanol–water partition coefficient (Wildman–Crippen LogP) is 7.29. The van der Waals surface area contributed by atoms with Crippen molar-refractivity contribution in [1.29, 1.82) is 0 Å². The van der Waals surface area contributed by atoms with Gasteiger partial charge >= 0.3 is 6.16 Å². The number of nitro benzene ring substituents is 1. The fourth-order valence-corrected chi connectivity index (χ4v) is 8.08. The summed E-state index contributed by atoms with van der Waals surface area (Å²) in [5.74, 6) is 1.86. The second-order valence-electron chi connectivity index (χ2n) is 13.6. The van der Waals surface area contributed by atoms with Gasteiger partial charge in [0.25, 0.3) is 5.69 Å². The van der Waals surface area contributed by atoms with Gasteiger partial charge in [0.15, 0.2) is 0 Å². The molecule has 1 fully saturated rings. The number of ether oxygens (including phenoxy) is 3. The van der Waals surface area contributed by atoms with Crippen molar-refractivity contribution >= 4 is 33.4 Å². The zero-order valence-corrected chi connectivity index (χ0v) is 29.3. The third-order valence-electron chi connectivity index (χ3n) is 9.07. The lowest BCUT2D eigenvalue weighted by molar-refractivity contribution is -0.384. The van der Waals surface area contributed by atoms with Crippen LogP contribution in [0.25, 0.3) is 0 Å². The maximum absolute atomic E-state index is 13.6. The molecule has 0 saturated heterocycles. The van der Waals surface area contributed by atoms with E-state index in [1.54, 1.807) is 19.2 Å². The Labute approximate surface area is 291 Å². The van der Waals surface area contributed by atoms with E-state index in [0.717, 1.165) is 46.9 Å². The molecule has 2 aliphatic rings. The van der Waals surface area contributed by atoms with E-state index >= 15 is 0 Å². The van der Waals surface area contributed by atoms with Gasteiger partial charge in [0, 0.05) is 42.9 Å². The van der Waals surface area contributed by atoms with E-state index < -0.39 is 21.1 Å². The van der Waals surface area contributed by atoms with Crippen molar-refractivity contribution in [3.8, 4) is 11.5 Å². The number of carbonyl (C=O) groups is 1. The van der Waals surface area contributed by atoms with Crippen LogP contribution in [-0.4, -0.2) is 53.3 Å². The van der Waals surface area contributed by atoms with Crippen molar-refractivity contribution < 1.29 is 32.3 Å². The van der Waals surface area contributed by atoms with E-state index in [1.807, 2.05) is 41.1 Å². The molecule has 4 aromatic rings. The molecule has 13 nitrogen and oxygen atoms in total. The maximum Gasteiger partial charge on any atom is 0.514 e. The average molecular weight is 704 g/mol. The van der Waals surface area contributed by atoms with Crippen LogP contribution in [0.5, 0.6) is 11.5 Å². The Bertz CT molecular complexity index is 1960. The summed E-state index contributed by atoms with van der Waals surface area (Å²) in [7, 11) is -2.07. The number of methoxy groups -OCH3 is 1. The minimum absolute atomic E-state index is 0.0944. The van der Waals surface area contributed by atoms with E-state index in [4.69, 9.17) is 19.3 Å². The van der Waals surface area contributed by atoms with Gasteiger partial charge in [-0.25, -0.2) is 17.9 Å². The van der Waals surface area contributed by atoms with Gasteiger partial charge in [0.05, 0.1) is 28.2 Å². The number of nitrogens with zero attached hydrogens (tertiary/aromatic N) is 4. The minimum atomic E-state index is -3.67. The first-order valence-electron chi connectivity index (χ1n) is 16.6. The first-order valence-corrected chi connectivity index (χ1v) is 18.0. The number of anilines is 2. The smallest absolute Gasteiger partial charge is 0.497 e. The van der Waals surface area contributed by atoms with Crippen LogP contribution in [-0.2, 0) is 33.3 Å². The second kappa shape index (κ2) is 14.1. The number of aromatic nitrogens is 2. The van der Waals surface area contributed by atoms with Crippen LogP contribution in [0.4, 0.5) is 22.0 Å². The molecule has 0 spiro atoms. The van der Waals surface area contributed by atoms with Gasteiger partial charge < -0.3 is 19.5 Å². The Hall–Kier alpha value is -4.95. The Balaban J connectivity index is 1.09. The molecule has 0 atom stereocenters. The number of nitro groups is 1. The third-order valence-corrected chi connectivity index (χ3v) is 11.0. The van der Waals surface area contributed by atoms with E-state index in [9.17, 15) is 23.3 Å². The molecule has 2 heterocycles. The number of hydrogen-bond acceptors (Lipinski definition) is 10. The molecule has 6 rings (SSSR count). The summed E-state index contributed by atoms with van der Waals surface area (Å²) in [6.45, 7) is 6.91. The molecule has 50 heavy (non-hydrogen) atoms. The van der Waals surface area contributed by atoms with Gasteiger partial charge in [0.2, 0.25) is 10.0 Å². The molecule has 1 aliphatic carbocycles. The van der Waals surface area contributed by atoms with E-state index in [1.165, 1.54) is 28.6 Å². The van der Waals surface area contributed by atoms with E-state index in [-0.39, 0.29) is 29.0 Å². The quantitative estimate of drug-likeness (QED) is 0.0813. The van der Waals surface area contributed by atoms with Crippen molar-refractivity contribution in [2.45, 2.75) is 81.9 Å². The van der Waals surface area contributed by atoms with Gasteiger partial charge in [-0.15, -0.1) is 0 Å². The zero-order valence-electron chi connectivity index (χ0n) is 28.5. The standard InChI is InChI=1S/C36H41N5O8S/c1-36(2,3)40-34(22-32(38-40)25-7-14-30(15-8-25)48-35(42)49-31-16-10-28(11-17-31)41(43)44)37-27-9-18-33-26(21-27)19-20-39(50(33,45)46)23-24-5-12-29(47-4)13-6-24/h5-6,9-13,16-18,21-22,25,30,37H,7-8,14-15,19-20,23H2,1-4H3. The van der Waals surface area contributed by atoms with Crippen LogP contribution in [0.1, 0.15) is 69.2 Å². The first kappa shape index (κ1) is 34.9. The Kier molecular flexibility index (Phi) is 9.85. The number of hydrogen-bond donors (Lipinski definition) is 1. The highest BCUT2D eigenvalue weighted by Crippen LogP contribution is 2.37. The lowest BCUT2D eigenvalue weighted by atomic mass is 9.85. The molecule has 264 valence electrons. The fraction of sp³-hybridized carbons (Fsp3) is 0.389. The van der Waals surface area contributed by atoms with Gasteiger partial charge in [-0.1, -0.05) is 12.1 Å². The summed E-state index contributed by atoms with van der Waals surface area (Å²) in [5, 5.41) is 19.4. The molecule has 0 bridgehead atoms. The Morgan fingerprint density at radius 3 is 2.30 bits per heavy atom. The topological polar surface area (TPSA) is 155 Å². The van der Waals surface area contributed by atoms with Crippen molar-refractivity contribution in [2.24, 2.45) is 0 Å². The maximum atomic E-state index is 13.6. The molecule has 1 aromatic heterocycles. The number of fused-ring (bicyclic) bond motifs is 1. The van der Waals surface area contributed by atoms with Crippen molar-refractivity contribution in [2.75, 3.05) is 19.0 Å². The molecule has 0 unspecified atom stereocenters. The SMILES string of the molecule is COc1ccc(CN2CCc3cc(Nc4cc(C5CCC(OC(=O)Oc6ccc([N+](=O)[O-])cc6)CC5)nn4C(C)(C)C)ccc3S2(=O)=O)cc1. The summed E-state index contributed by atoms with van der Waals surface area (Å²) >= 11 is 0. The summed E-state index contributed by atoms with van der Waals surface area (Å²) in [4.78, 5) is 23.0. The van der Waals surface area contributed by atoms with Gasteiger partial charge in [-0.3, -0.25) is 10.1 Å². The molecule has 3 aromatic carbocycles. The normalized spacial score (nSPS) is 18.9. The highest BCUT2D eigenvalue weighted by Gasteiger charge is 2.33. The molecular formula is C36H41N5O8S.